The van der Waals surface area contributed by atoms with E-state index in [1.807, 2.05) is 0 Å². The number of ether oxygens (including phenoxy) is 2. The molecule has 4 rings (SSSR count). The number of carbonyl (C=O) groups is 3. The zero-order valence-corrected chi connectivity index (χ0v) is 25.0. The average molecular weight is 592 g/mol. The molecule has 0 aliphatic carbocycles. The minimum atomic E-state index is -3.85. The fourth-order valence-electron chi connectivity index (χ4n) is 5.09. The Morgan fingerprint density at radius 3 is 2.42 bits per heavy atom. The molecule has 1 amide bonds. The van der Waals surface area contributed by atoms with Gasteiger partial charge in [-0.1, -0.05) is 0 Å². The molecule has 2 aliphatic heterocycles. The van der Waals surface area contributed by atoms with Crippen LogP contribution >= 0.6 is 11.3 Å². The van der Waals surface area contributed by atoms with Crippen LogP contribution in [0.5, 0.6) is 0 Å². The molecule has 1 unspecified atom stereocenters. The highest BCUT2D eigenvalue weighted by atomic mass is 32.2. The summed E-state index contributed by atoms with van der Waals surface area (Å²) < 4.78 is 38.2. The predicted octanol–water partition coefficient (Wildman–Crippen LogP) is 3.91. The Bertz CT molecular complexity index is 1350. The molecular formula is C28H37N3O7S2. The van der Waals surface area contributed by atoms with Crippen LogP contribution in [0.3, 0.4) is 0 Å². The summed E-state index contributed by atoms with van der Waals surface area (Å²) in [7, 11) is -3.85. The zero-order valence-electron chi connectivity index (χ0n) is 23.4. The van der Waals surface area contributed by atoms with Gasteiger partial charge in [0.15, 0.2) is 0 Å². The van der Waals surface area contributed by atoms with Crippen molar-refractivity contribution in [3.8, 4) is 0 Å². The van der Waals surface area contributed by atoms with Crippen molar-refractivity contribution in [3.05, 3.63) is 45.8 Å². The third-order valence-electron chi connectivity index (χ3n) is 7.28. The van der Waals surface area contributed by atoms with Crippen LogP contribution in [0.25, 0.3) is 0 Å². The van der Waals surface area contributed by atoms with Crippen molar-refractivity contribution in [2.75, 3.05) is 38.2 Å². The van der Waals surface area contributed by atoms with Gasteiger partial charge in [-0.2, -0.15) is 4.31 Å². The summed E-state index contributed by atoms with van der Waals surface area (Å²) in [6.45, 7) is 10.1. The SMILES string of the molecule is CCOC(=O)c1c(NC(=O)c2ccc(S(=O)(=O)N3CCCC(C(=O)OCC)C3)cc2)sc2c1CCN(C(C)C)C2. The maximum atomic E-state index is 13.3. The van der Waals surface area contributed by atoms with Gasteiger partial charge in [0.2, 0.25) is 10.0 Å². The van der Waals surface area contributed by atoms with Crippen LogP contribution in [0.15, 0.2) is 29.2 Å². The Labute approximate surface area is 239 Å². The van der Waals surface area contributed by atoms with Crippen molar-refractivity contribution in [2.45, 2.75) is 64.4 Å². The highest BCUT2D eigenvalue weighted by molar-refractivity contribution is 7.89. The van der Waals surface area contributed by atoms with Gasteiger partial charge in [0.1, 0.15) is 5.00 Å². The second kappa shape index (κ2) is 12.8. The number of amides is 1. The number of carbonyl (C=O) groups excluding carboxylic acids is 3. The number of thiophene rings is 1. The first kappa shape index (κ1) is 30.2. The monoisotopic (exact) mass is 591 g/mol. The van der Waals surface area contributed by atoms with E-state index in [0.29, 0.717) is 49.0 Å². The fraction of sp³-hybridized carbons (Fsp3) is 0.536. The van der Waals surface area contributed by atoms with E-state index in [1.54, 1.807) is 13.8 Å². The maximum absolute atomic E-state index is 13.3. The van der Waals surface area contributed by atoms with Crippen molar-refractivity contribution >= 4 is 44.2 Å². The van der Waals surface area contributed by atoms with Gasteiger partial charge < -0.3 is 14.8 Å². The predicted molar refractivity (Wildman–Crippen MR) is 152 cm³/mol. The summed E-state index contributed by atoms with van der Waals surface area (Å²) in [6.07, 6.45) is 1.83. The molecule has 2 aliphatic rings. The minimum absolute atomic E-state index is 0.0427. The highest BCUT2D eigenvalue weighted by Gasteiger charge is 2.34. The Morgan fingerprint density at radius 1 is 1.07 bits per heavy atom. The Morgan fingerprint density at radius 2 is 1.77 bits per heavy atom. The third-order valence-corrected chi connectivity index (χ3v) is 10.3. The first-order chi connectivity index (χ1) is 19.1. The molecule has 0 bridgehead atoms. The van der Waals surface area contributed by atoms with Crippen molar-refractivity contribution in [3.63, 3.8) is 0 Å². The Balaban J connectivity index is 1.52. The molecule has 1 aromatic heterocycles. The zero-order chi connectivity index (χ0) is 29.0. The molecule has 1 fully saturated rings. The average Bonchev–Trinajstić information content (AvgIpc) is 3.30. The van der Waals surface area contributed by atoms with Gasteiger partial charge in [-0.3, -0.25) is 14.5 Å². The number of rotatable bonds is 9. The quantitative estimate of drug-likeness (QED) is 0.436. The van der Waals surface area contributed by atoms with Crippen LogP contribution in [0, 0.1) is 5.92 Å². The van der Waals surface area contributed by atoms with Crippen molar-refractivity contribution in [1.82, 2.24) is 9.21 Å². The number of esters is 2. The van der Waals surface area contributed by atoms with Gasteiger partial charge in [0.05, 0.1) is 29.6 Å². The van der Waals surface area contributed by atoms with Crippen molar-refractivity contribution in [2.24, 2.45) is 5.92 Å². The molecule has 40 heavy (non-hydrogen) atoms. The first-order valence-corrected chi connectivity index (χ1v) is 16.0. The van der Waals surface area contributed by atoms with Gasteiger partial charge in [0.25, 0.3) is 5.91 Å². The highest BCUT2D eigenvalue weighted by Crippen LogP contribution is 2.38. The molecule has 0 saturated carbocycles. The summed E-state index contributed by atoms with van der Waals surface area (Å²) >= 11 is 1.38. The van der Waals surface area contributed by atoms with Gasteiger partial charge in [-0.05, 0) is 76.8 Å². The molecule has 12 heteroatoms. The van der Waals surface area contributed by atoms with Gasteiger partial charge in [-0.25, -0.2) is 13.2 Å². The summed E-state index contributed by atoms with van der Waals surface area (Å²) in [5.74, 6) is -1.79. The molecule has 0 spiro atoms. The van der Waals surface area contributed by atoms with E-state index in [9.17, 15) is 22.8 Å². The minimum Gasteiger partial charge on any atom is -0.466 e. The number of nitrogens with zero attached hydrogens (tertiary/aromatic N) is 2. The summed E-state index contributed by atoms with van der Waals surface area (Å²) in [5, 5.41) is 3.31. The number of sulfonamides is 1. The number of hydrogen-bond acceptors (Lipinski definition) is 9. The second-order valence-corrected chi connectivity index (χ2v) is 13.2. The van der Waals surface area contributed by atoms with E-state index >= 15 is 0 Å². The largest absolute Gasteiger partial charge is 0.466 e. The van der Waals surface area contributed by atoms with Gasteiger partial charge >= 0.3 is 11.9 Å². The molecule has 1 saturated heterocycles. The molecule has 218 valence electrons. The van der Waals surface area contributed by atoms with Crippen LogP contribution in [0.2, 0.25) is 0 Å². The first-order valence-electron chi connectivity index (χ1n) is 13.7. The van der Waals surface area contributed by atoms with Crippen LogP contribution in [-0.2, 0) is 37.3 Å². The lowest BCUT2D eigenvalue weighted by atomic mass is 10.0. The Kier molecular flexibility index (Phi) is 9.65. The molecular weight excluding hydrogens is 554 g/mol. The van der Waals surface area contributed by atoms with Crippen LogP contribution < -0.4 is 5.32 Å². The molecule has 3 heterocycles. The molecule has 0 radical (unpaired) electrons. The fourth-order valence-corrected chi connectivity index (χ4v) is 7.87. The smallest absolute Gasteiger partial charge is 0.341 e. The number of piperidine rings is 1. The molecule has 2 aromatic rings. The van der Waals surface area contributed by atoms with E-state index in [1.165, 1.54) is 39.9 Å². The second-order valence-electron chi connectivity index (χ2n) is 10.2. The van der Waals surface area contributed by atoms with Crippen LogP contribution in [0.4, 0.5) is 5.00 Å². The van der Waals surface area contributed by atoms with Crippen molar-refractivity contribution < 1.29 is 32.3 Å². The van der Waals surface area contributed by atoms with Crippen LogP contribution in [0.1, 0.15) is 71.7 Å². The third kappa shape index (κ3) is 6.40. The van der Waals surface area contributed by atoms with E-state index < -0.39 is 27.8 Å². The lowest BCUT2D eigenvalue weighted by molar-refractivity contribution is -0.149. The Hall–Kier alpha value is -2.80. The van der Waals surface area contributed by atoms with E-state index in [0.717, 1.165) is 17.0 Å². The number of benzene rings is 1. The summed E-state index contributed by atoms with van der Waals surface area (Å²) in [5.41, 5.74) is 1.57. The number of fused-ring (bicyclic) bond motifs is 1. The standard InChI is InChI=1S/C28H37N3O7S2/c1-5-37-27(33)20-8-7-14-31(16-20)40(35,36)21-11-9-19(10-12-21)25(32)29-26-24(28(34)38-6-2)22-13-15-30(18(3)4)17-23(22)39-26/h9-12,18,20H,5-8,13-17H2,1-4H3,(H,29,32). The van der Waals surface area contributed by atoms with E-state index in [4.69, 9.17) is 9.47 Å². The lowest BCUT2D eigenvalue weighted by Crippen LogP contribution is -2.42. The molecule has 1 N–H and O–H groups in total. The van der Waals surface area contributed by atoms with Crippen LogP contribution in [-0.4, -0.2) is 74.4 Å². The number of nitrogens with one attached hydrogen (secondary N) is 1. The number of anilines is 1. The van der Waals surface area contributed by atoms with Crippen molar-refractivity contribution in [1.29, 1.82) is 0 Å². The topological polar surface area (TPSA) is 122 Å². The number of hydrogen-bond donors (Lipinski definition) is 1. The summed E-state index contributed by atoms with van der Waals surface area (Å²) in [4.78, 5) is 41.6. The van der Waals surface area contributed by atoms with Gasteiger partial charge in [-0.15, -0.1) is 11.3 Å². The van der Waals surface area contributed by atoms with E-state index in [2.05, 4.69) is 24.1 Å². The molecule has 1 aromatic carbocycles. The summed E-state index contributed by atoms with van der Waals surface area (Å²) in [6, 6.07) is 6.05. The van der Waals surface area contributed by atoms with E-state index in [-0.39, 0.29) is 36.2 Å². The molecule has 10 nitrogen and oxygen atoms in total. The normalized spacial score (nSPS) is 18.3. The van der Waals surface area contributed by atoms with Gasteiger partial charge in [0, 0.05) is 42.7 Å². The maximum Gasteiger partial charge on any atom is 0.341 e. The lowest BCUT2D eigenvalue weighted by Gasteiger charge is -2.30. The molecule has 1 atom stereocenters.